The van der Waals surface area contributed by atoms with Gasteiger partial charge in [-0.25, -0.2) is 0 Å². The van der Waals surface area contributed by atoms with E-state index in [1.165, 1.54) is 7.11 Å². The van der Waals surface area contributed by atoms with E-state index in [1.54, 1.807) is 24.5 Å². The Bertz CT molecular complexity index is 606. The summed E-state index contributed by atoms with van der Waals surface area (Å²) in [4.78, 5) is 11.8. The Morgan fingerprint density at radius 3 is 2.37 bits per heavy atom. The van der Waals surface area contributed by atoms with Gasteiger partial charge in [0.1, 0.15) is 5.75 Å². The zero-order valence-electron chi connectivity index (χ0n) is 11.6. The highest BCUT2D eigenvalue weighted by Crippen LogP contribution is 2.27. The van der Waals surface area contributed by atoms with Crippen LogP contribution in [0.3, 0.4) is 0 Å². The van der Waals surface area contributed by atoms with Gasteiger partial charge in [0.2, 0.25) is 0 Å². The molecule has 4 heteroatoms. The second-order valence-corrected chi connectivity index (χ2v) is 5.02. The molecular weight excluding hydrogens is 260 g/mol. The Kier molecular flexibility index (Phi) is 5.70. The lowest BCUT2D eigenvalue weighted by Crippen LogP contribution is -1.93. The van der Waals surface area contributed by atoms with Gasteiger partial charge in [0, 0.05) is 22.0 Å². The molecule has 102 valence electrons. The van der Waals surface area contributed by atoms with Crippen LogP contribution in [0.4, 0.5) is 0 Å². The van der Waals surface area contributed by atoms with E-state index in [9.17, 15) is 9.00 Å². The first-order chi connectivity index (χ1) is 9.17. The molecule has 2 aromatic carbocycles. The van der Waals surface area contributed by atoms with Crippen LogP contribution in [0.1, 0.15) is 24.2 Å². The molecule has 0 spiro atoms. The Hall–Kier alpha value is -1.68. The molecule has 0 aromatic heterocycles. The number of carbonyl (C=O) groups excluding carboxylic acids is 1. The van der Waals surface area contributed by atoms with Crippen molar-refractivity contribution in [1.29, 1.82) is 0 Å². The fourth-order valence-electron chi connectivity index (χ4n) is 1.79. The average Bonchev–Trinajstić information content (AvgIpc) is 2.47. The maximum absolute atomic E-state index is 11.4. The van der Waals surface area contributed by atoms with Crippen molar-refractivity contribution in [3.05, 3.63) is 35.9 Å². The number of hydrogen-bond donors (Lipinski definition) is 0. The minimum Gasteiger partial charge on any atom is -0.496 e. The third kappa shape index (κ3) is 3.20. The van der Waals surface area contributed by atoms with Crippen molar-refractivity contribution in [2.24, 2.45) is 0 Å². The Labute approximate surface area is 116 Å². The predicted molar refractivity (Wildman–Crippen MR) is 79.6 cm³/mol. The van der Waals surface area contributed by atoms with Crippen LogP contribution in [-0.2, 0) is 10.8 Å². The molecule has 0 amide bonds. The smallest absolute Gasteiger partial charge is 0.154 e. The molecular formula is C15H18O3S. The molecule has 0 saturated carbocycles. The number of benzene rings is 2. The summed E-state index contributed by atoms with van der Waals surface area (Å²) in [6.07, 6.45) is 2.41. The predicted octanol–water partition coefficient (Wildman–Crippen LogP) is 3.42. The van der Waals surface area contributed by atoms with Crippen LogP contribution < -0.4 is 4.74 Å². The second-order valence-electron chi connectivity index (χ2n) is 3.64. The summed E-state index contributed by atoms with van der Waals surface area (Å²) in [5, 5.41) is 1.70. The van der Waals surface area contributed by atoms with Gasteiger partial charge in [0.25, 0.3) is 0 Å². The summed E-state index contributed by atoms with van der Waals surface area (Å²) >= 11 is 0. The molecule has 0 saturated heterocycles. The summed E-state index contributed by atoms with van der Waals surface area (Å²) in [5.74, 6) is 0.554. The number of aldehydes is 1. The van der Waals surface area contributed by atoms with Gasteiger partial charge in [-0.2, -0.15) is 0 Å². The fraction of sp³-hybridized carbons (Fsp3) is 0.267. The number of rotatable bonds is 3. The van der Waals surface area contributed by atoms with E-state index in [1.807, 2.05) is 26.0 Å². The molecule has 2 aromatic rings. The lowest BCUT2D eigenvalue weighted by molar-refractivity contribution is 0.112. The number of methoxy groups -OCH3 is 1. The number of carbonyl (C=O) groups is 1. The lowest BCUT2D eigenvalue weighted by Gasteiger charge is -2.08. The van der Waals surface area contributed by atoms with Gasteiger partial charge in [-0.05, 0) is 29.0 Å². The Balaban J connectivity index is 0.000000861. The highest BCUT2D eigenvalue weighted by molar-refractivity contribution is 7.84. The monoisotopic (exact) mass is 278 g/mol. The van der Waals surface area contributed by atoms with E-state index in [4.69, 9.17) is 4.74 Å². The van der Waals surface area contributed by atoms with Gasteiger partial charge in [-0.1, -0.05) is 26.0 Å². The maximum atomic E-state index is 11.4. The van der Waals surface area contributed by atoms with Gasteiger partial charge in [0.05, 0.1) is 12.7 Å². The van der Waals surface area contributed by atoms with Gasteiger partial charge in [0.15, 0.2) is 6.29 Å². The van der Waals surface area contributed by atoms with E-state index in [0.717, 1.165) is 22.0 Å². The SMILES string of the molecule is CC.COc1ccc2cc(S(C)=O)ccc2c1C=O. The number of fused-ring (bicyclic) bond motifs is 1. The van der Waals surface area contributed by atoms with E-state index in [2.05, 4.69) is 0 Å². The normalized spacial score (nSPS) is 11.4. The molecule has 0 aliphatic carbocycles. The van der Waals surface area contributed by atoms with E-state index in [-0.39, 0.29) is 0 Å². The molecule has 1 unspecified atom stereocenters. The van der Waals surface area contributed by atoms with Gasteiger partial charge in [-0.15, -0.1) is 0 Å². The molecule has 0 radical (unpaired) electrons. The van der Waals surface area contributed by atoms with Crippen molar-refractivity contribution in [2.45, 2.75) is 18.7 Å². The van der Waals surface area contributed by atoms with Crippen molar-refractivity contribution in [3.63, 3.8) is 0 Å². The first-order valence-electron chi connectivity index (χ1n) is 6.06. The molecule has 0 N–H and O–H groups in total. The van der Waals surface area contributed by atoms with Crippen LogP contribution in [0.2, 0.25) is 0 Å². The average molecular weight is 278 g/mol. The lowest BCUT2D eigenvalue weighted by atomic mass is 10.0. The molecule has 0 aliphatic rings. The molecule has 3 nitrogen and oxygen atoms in total. The van der Waals surface area contributed by atoms with Crippen molar-refractivity contribution < 1.29 is 13.7 Å². The second kappa shape index (κ2) is 7.04. The standard InChI is InChI=1S/C13H12O3S.C2H6/c1-16-13-6-3-9-7-10(17(2)15)4-5-11(9)12(13)8-14;1-2/h3-8H,1-2H3;1-2H3. The number of ether oxygens (including phenoxy) is 1. The van der Waals surface area contributed by atoms with Crippen molar-refractivity contribution in [3.8, 4) is 5.75 Å². The van der Waals surface area contributed by atoms with Gasteiger partial charge in [-0.3, -0.25) is 9.00 Å². The first-order valence-corrected chi connectivity index (χ1v) is 7.62. The highest BCUT2D eigenvalue weighted by Gasteiger charge is 2.08. The Morgan fingerprint density at radius 1 is 1.16 bits per heavy atom. The van der Waals surface area contributed by atoms with E-state index >= 15 is 0 Å². The topological polar surface area (TPSA) is 43.4 Å². The quantitative estimate of drug-likeness (QED) is 0.808. The number of hydrogen-bond acceptors (Lipinski definition) is 3. The van der Waals surface area contributed by atoms with Crippen LogP contribution in [-0.4, -0.2) is 23.9 Å². The molecule has 1 atom stereocenters. The first kappa shape index (κ1) is 15.4. The molecule has 0 bridgehead atoms. The molecule has 0 aliphatic heterocycles. The van der Waals surface area contributed by atoms with Crippen LogP contribution in [0.5, 0.6) is 5.75 Å². The maximum Gasteiger partial charge on any atom is 0.154 e. The molecule has 2 rings (SSSR count). The Morgan fingerprint density at radius 2 is 1.84 bits per heavy atom. The van der Waals surface area contributed by atoms with Crippen molar-refractivity contribution in [1.82, 2.24) is 0 Å². The minimum absolute atomic E-state index is 0.526. The highest BCUT2D eigenvalue weighted by atomic mass is 32.2. The zero-order chi connectivity index (χ0) is 14.4. The fourth-order valence-corrected chi connectivity index (χ4v) is 2.34. The van der Waals surface area contributed by atoms with E-state index in [0.29, 0.717) is 11.3 Å². The summed E-state index contributed by atoms with van der Waals surface area (Å²) in [6.45, 7) is 4.00. The summed E-state index contributed by atoms with van der Waals surface area (Å²) < 4.78 is 16.5. The molecule has 0 heterocycles. The molecule has 0 fully saturated rings. The largest absolute Gasteiger partial charge is 0.496 e. The summed E-state index contributed by atoms with van der Waals surface area (Å²) in [7, 11) is 0.511. The molecule has 19 heavy (non-hydrogen) atoms. The third-order valence-corrected chi connectivity index (χ3v) is 3.58. The van der Waals surface area contributed by atoms with Gasteiger partial charge >= 0.3 is 0 Å². The minimum atomic E-state index is -1.02. The van der Waals surface area contributed by atoms with Crippen molar-refractivity contribution >= 4 is 27.9 Å². The van der Waals surface area contributed by atoms with Crippen LogP contribution in [0.15, 0.2) is 35.2 Å². The van der Waals surface area contributed by atoms with Crippen molar-refractivity contribution in [2.75, 3.05) is 13.4 Å². The van der Waals surface area contributed by atoms with Crippen LogP contribution in [0.25, 0.3) is 10.8 Å². The summed E-state index contributed by atoms with van der Waals surface area (Å²) in [5.41, 5.74) is 0.526. The summed E-state index contributed by atoms with van der Waals surface area (Å²) in [6, 6.07) is 9.01. The van der Waals surface area contributed by atoms with Gasteiger partial charge < -0.3 is 4.74 Å². The third-order valence-electron chi connectivity index (χ3n) is 2.66. The zero-order valence-corrected chi connectivity index (χ0v) is 12.4. The van der Waals surface area contributed by atoms with Crippen LogP contribution in [0, 0.1) is 0 Å². The van der Waals surface area contributed by atoms with E-state index < -0.39 is 10.8 Å². The van der Waals surface area contributed by atoms with Crippen LogP contribution >= 0.6 is 0 Å².